The maximum absolute atomic E-state index is 12.8. The Morgan fingerprint density at radius 1 is 1.15 bits per heavy atom. The Morgan fingerprint density at radius 2 is 1.85 bits per heavy atom. The fourth-order valence-corrected chi connectivity index (χ4v) is 3.10. The lowest BCUT2D eigenvalue weighted by Gasteiger charge is -2.22. The molecule has 1 fully saturated rings. The molecule has 0 radical (unpaired) electrons. The predicted molar refractivity (Wildman–Crippen MR) is 95.8 cm³/mol. The maximum atomic E-state index is 12.8. The molecule has 1 saturated heterocycles. The van der Waals surface area contributed by atoms with Gasteiger partial charge < -0.3 is 14.4 Å². The highest BCUT2D eigenvalue weighted by Gasteiger charge is 2.25. The molecule has 0 N–H and O–H groups in total. The van der Waals surface area contributed by atoms with E-state index in [-0.39, 0.29) is 11.8 Å². The fraction of sp³-hybridized carbons (Fsp3) is 0.333. The average molecular weight is 372 g/mol. The van der Waals surface area contributed by atoms with Crippen molar-refractivity contribution >= 4 is 23.4 Å². The zero-order chi connectivity index (χ0) is 18.7. The molecule has 2 aromatic heterocycles. The first-order chi connectivity index (χ1) is 12.5. The van der Waals surface area contributed by atoms with Crippen LogP contribution in [0, 0.1) is 11.3 Å². The van der Waals surface area contributed by atoms with Crippen LogP contribution in [0.15, 0.2) is 30.6 Å². The molecule has 8 heteroatoms. The lowest BCUT2D eigenvalue weighted by atomic mass is 10.3. The predicted octanol–water partition coefficient (Wildman–Crippen LogP) is 1.93. The van der Waals surface area contributed by atoms with Crippen LogP contribution in [0.4, 0.5) is 0 Å². The van der Waals surface area contributed by atoms with E-state index >= 15 is 0 Å². The van der Waals surface area contributed by atoms with Crippen LogP contribution in [0.25, 0.3) is 0 Å². The molecule has 3 rings (SSSR count). The minimum absolute atomic E-state index is 0.132. The summed E-state index contributed by atoms with van der Waals surface area (Å²) >= 11 is 5.81. The molecule has 0 bridgehead atoms. The standard InChI is InChI=1S/C18H18ClN5O2/c1-22-12-13(10-20)9-16(22)18(26)24-6-2-5-23(7-8-24)17(25)15-4-3-14(19)11-21-15/h3-4,9,11-12H,2,5-8H2,1H3. The second kappa shape index (κ2) is 7.58. The summed E-state index contributed by atoms with van der Waals surface area (Å²) in [6.45, 7) is 1.99. The van der Waals surface area contributed by atoms with Crippen molar-refractivity contribution in [3.63, 3.8) is 0 Å². The zero-order valence-corrected chi connectivity index (χ0v) is 15.1. The molecule has 1 aliphatic rings. The third-order valence-corrected chi connectivity index (χ3v) is 4.59. The summed E-state index contributed by atoms with van der Waals surface area (Å²) in [6, 6.07) is 6.87. The van der Waals surface area contributed by atoms with E-state index in [1.807, 2.05) is 6.07 Å². The topological polar surface area (TPSA) is 82.2 Å². The van der Waals surface area contributed by atoms with Crippen LogP contribution < -0.4 is 0 Å². The monoisotopic (exact) mass is 371 g/mol. The molecule has 26 heavy (non-hydrogen) atoms. The van der Waals surface area contributed by atoms with Crippen LogP contribution in [0.2, 0.25) is 5.02 Å². The Kier molecular flexibility index (Phi) is 5.24. The Morgan fingerprint density at radius 3 is 2.42 bits per heavy atom. The van der Waals surface area contributed by atoms with Gasteiger partial charge in [-0.1, -0.05) is 11.6 Å². The van der Waals surface area contributed by atoms with Crippen molar-refractivity contribution < 1.29 is 9.59 Å². The first kappa shape index (κ1) is 18.0. The van der Waals surface area contributed by atoms with E-state index in [9.17, 15) is 9.59 Å². The van der Waals surface area contributed by atoms with Gasteiger partial charge in [-0.3, -0.25) is 9.59 Å². The highest BCUT2D eigenvalue weighted by molar-refractivity contribution is 6.30. The molecular weight excluding hydrogens is 354 g/mol. The summed E-state index contributed by atoms with van der Waals surface area (Å²) in [4.78, 5) is 32.8. The molecular formula is C18H18ClN5O2. The lowest BCUT2D eigenvalue weighted by molar-refractivity contribution is 0.0711. The minimum Gasteiger partial charge on any atom is -0.345 e. The van der Waals surface area contributed by atoms with Gasteiger partial charge in [-0.15, -0.1) is 0 Å². The smallest absolute Gasteiger partial charge is 0.272 e. The molecule has 0 unspecified atom stereocenters. The summed E-state index contributed by atoms with van der Waals surface area (Å²) < 4.78 is 1.66. The van der Waals surface area contributed by atoms with Gasteiger partial charge in [-0.25, -0.2) is 4.98 Å². The van der Waals surface area contributed by atoms with Crippen molar-refractivity contribution in [3.05, 3.63) is 52.6 Å². The fourth-order valence-electron chi connectivity index (χ4n) is 2.99. The van der Waals surface area contributed by atoms with Crippen LogP contribution in [-0.2, 0) is 7.05 Å². The SMILES string of the molecule is Cn1cc(C#N)cc1C(=O)N1CCCN(C(=O)c2ccc(Cl)cn2)CC1. The first-order valence-electron chi connectivity index (χ1n) is 8.26. The third kappa shape index (κ3) is 3.70. The number of carbonyl (C=O) groups is 2. The number of halogens is 1. The van der Waals surface area contributed by atoms with Gasteiger partial charge in [-0.05, 0) is 24.6 Å². The number of pyridine rings is 1. The molecule has 0 atom stereocenters. The van der Waals surface area contributed by atoms with Crippen LogP contribution in [-0.4, -0.2) is 57.3 Å². The molecule has 2 amide bonds. The van der Waals surface area contributed by atoms with Gasteiger partial charge in [-0.2, -0.15) is 5.26 Å². The number of rotatable bonds is 2. The van der Waals surface area contributed by atoms with Gasteiger partial charge >= 0.3 is 0 Å². The molecule has 3 heterocycles. The van der Waals surface area contributed by atoms with Crippen molar-refractivity contribution in [1.82, 2.24) is 19.4 Å². The van der Waals surface area contributed by atoms with E-state index in [1.54, 1.807) is 45.8 Å². The number of nitrogens with zero attached hydrogens (tertiary/aromatic N) is 5. The molecule has 2 aromatic rings. The zero-order valence-electron chi connectivity index (χ0n) is 14.4. The second-order valence-corrected chi connectivity index (χ2v) is 6.57. The molecule has 0 spiro atoms. The Labute approximate surface area is 156 Å². The maximum Gasteiger partial charge on any atom is 0.272 e. The quantitative estimate of drug-likeness (QED) is 0.807. The van der Waals surface area contributed by atoms with Crippen LogP contribution >= 0.6 is 11.6 Å². The molecule has 0 saturated carbocycles. The Balaban J connectivity index is 1.69. The van der Waals surface area contributed by atoms with Crippen molar-refractivity contribution in [2.45, 2.75) is 6.42 Å². The van der Waals surface area contributed by atoms with E-state index in [1.165, 1.54) is 6.20 Å². The van der Waals surface area contributed by atoms with Crippen molar-refractivity contribution in [2.24, 2.45) is 7.05 Å². The van der Waals surface area contributed by atoms with Gasteiger partial charge in [0.1, 0.15) is 17.5 Å². The number of hydrogen-bond acceptors (Lipinski definition) is 4. The highest BCUT2D eigenvalue weighted by atomic mass is 35.5. The lowest BCUT2D eigenvalue weighted by Crippen LogP contribution is -2.38. The van der Waals surface area contributed by atoms with Gasteiger partial charge in [0.05, 0.1) is 10.6 Å². The molecule has 7 nitrogen and oxygen atoms in total. The van der Waals surface area contributed by atoms with Gasteiger partial charge in [0, 0.05) is 45.6 Å². The average Bonchev–Trinajstić information content (AvgIpc) is 2.86. The van der Waals surface area contributed by atoms with E-state index in [0.717, 1.165) is 0 Å². The van der Waals surface area contributed by atoms with E-state index in [0.29, 0.717) is 54.6 Å². The first-order valence-corrected chi connectivity index (χ1v) is 8.64. The number of amides is 2. The summed E-state index contributed by atoms with van der Waals surface area (Å²) in [6.07, 6.45) is 3.76. The number of nitriles is 1. The largest absolute Gasteiger partial charge is 0.345 e. The molecule has 134 valence electrons. The number of carbonyl (C=O) groups excluding carboxylic acids is 2. The van der Waals surface area contributed by atoms with Crippen LogP contribution in [0.1, 0.15) is 33.0 Å². The summed E-state index contributed by atoms with van der Waals surface area (Å²) in [5.74, 6) is -0.297. The van der Waals surface area contributed by atoms with E-state index < -0.39 is 0 Å². The summed E-state index contributed by atoms with van der Waals surface area (Å²) in [7, 11) is 1.74. The highest BCUT2D eigenvalue weighted by Crippen LogP contribution is 2.14. The van der Waals surface area contributed by atoms with Gasteiger partial charge in [0.2, 0.25) is 0 Å². The Bertz CT molecular complexity index is 869. The second-order valence-electron chi connectivity index (χ2n) is 6.14. The van der Waals surface area contributed by atoms with E-state index in [4.69, 9.17) is 16.9 Å². The minimum atomic E-state index is -0.165. The third-order valence-electron chi connectivity index (χ3n) is 4.37. The summed E-state index contributed by atoms with van der Waals surface area (Å²) in [5, 5.41) is 9.47. The molecule has 0 aliphatic carbocycles. The normalized spacial score (nSPS) is 14.7. The van der Waals surface area contributed by atoms with Crippen LogP contribution in [0.5, 0.6) is 0 Å². The summed E-state index contributed by atoms with van der Waals surface area (Å²) in [5.41, 5.74) is 1.27. The Hall–Kier alpha value is -2.85. The van der Waals surface area contributed by atoms with Gasteiger partial charge in [0.15, 0.2) is 0 Å². The van der Waals surface area contributed by atoms with Crippen molar-refractivity contribution in [1.29, 1.82) is 5.26 Å². The van der Waals surface area contributed by atoms with Crippen molar-refractivity contribution in [3.8, 4) is 6.07 Å². The van der Waals surface area contributed by atoms with Gasteiger partial charge in [0.25, 0.3) is 11.8 Å². The number of aromatic nitrogens is 2. The van der Waals surface area contributed by atoms with Crippen LogP contribution in [0.3, 0.4) is 0 Å². The number of hydrogen-bond donors (Lipinski definition) is 0. The molecule has 1 aliphatic heterocycles. The molecule has 0 aromatic carbocycles. The number of aryl methyl sites for hydroxylation is 1. The van der Waals surface area contributed by atoms with Crippen molar-refractivity contribution in [2.75, 3.05) is 26.2 Å². The van der Waals surface area contributed by atoms with E-state index in [2.05, 4.69) is 4.98 Å².